The van der Waals surface area contributed by atoms with Gasteiger partial charge in [-0.25, -0.2) is 4.68 Å². The van der Waals surface area contributed by atoms with Crippen LogP contribution in [0.25, 0.3) is 5.69 Å². The van der Waals surface area contributed by atoms with Gasteiger partial charge in [-0.2, -0.15) is 5.10 Å². The predicted octanol–water partition coefficient (Wildman–Crippen LogP) is 2.81. The number of aldehydes is 1. The van der Waals surface area contributed by atoms with E-state index in [1.54, 1.807) is 6.20 Å². The largest absolute Gasteiger partial charge is 0.298 e. The van der Waals surface area contributed by atoms with Gasteiger partial charge in [0.2, 0.25) is 0 Å². The molecule has 0 saturated heterocycles. The number of aromatic nitrogens is 2. The van der Waals surface area contributed by atoms with Gasteiger partial charge >= 0.3 is 0 Å². The monoisotopic (exact) mass is 214 g/mol. The second-order valence-electron chi connectivity index (χ2n) is 4.01. The number of hydrogen-bond donors (Lipinski definition) is 0. The fraction of sp³-hybridized carbons (Fsp3) is 0.231. The lowest BCUT2D eigenvalue weighted by Crippen LogP contribution is -2.05. The van der Waals surface area contributed by atoms with Crippen LogP contribution >= 0.6 is 0 Å². The maximum atomic E-state index is 10.9. The lowest BCUT2D eigenvalue weighted by Gasteiger charge is -2.10. The molecule has 0 aliphatic rings. The third kappa shape index (κ3) is 1.76. The highest BCUT2D eigenvalue weighted by Crippen LogP contribution is 2.21. The van der Waals surface area contributed by atoms with E-state index in [2.05, 4.69) is 18.9 Å². The van der Waals surface area contributed by atoms with Gasteiger partial charge in [0.25, 0.3) is 0 Å². The van der Waals surface area contributed by atoms with Crippen LogP contribution in [0.4, 0.5) is 0 Å². The van der Waals surface area contributed by atoms with Crippen molar-refractivity contribution >= 4 is 6.29 Å². The summed E-state index contributed by atoms with van der Waals surface area (Å²) in [6, 6.07) is 9.84. The predicted molar refractivity (Wildman–Crippen MR) is 63.0 cm³/mol. The quantitative estimate of drug-likeness (QED) is 0.736. The minimum Gasteiger partial charge on any atom is -0.298 e. The van der Waals surface area contributed by atoms with E-state index in [1.165, 1.54) is 0 Å². The molecule has 0 aliphatic heterocycles. The van der Waals surface area contributed by atoms with E-state index in [0.29, 0.717) is 5.56 Å². The third-order valence-corrected chi connectivity index (χ3v) is 2.51. The Labute approximate surface area is 94.7 Å². The Hall–Kier alpha value is -1.90. The van der Waals surface area contributed by atoms with Crippen LogP contribution < -0.4 is 0 Å². The Morgan fingerprint density at radius 2 is 1.94 bits per heavy atom. The van der Waals surface area contributed by atoms with Crippen molar-refractivity contribution < 1.29 is 4.79 Å². The summed E-state index contributed by atoms with van der Waals surface area (Å²) >= 11 is 0. The van der Waals surface area contributed by atoms with Crippen molar-refractivity contribution in [1.29, 1.82) is 0 Å². The molecule has 1 aromatic carbocycles. The molecule has 0 radical (unpaired) electrons. The van der Waals surface area contributed by atoms with E-state index >= 15 is 0 Å². The fourth-order valence-corrected chi connectivity index (χ4v) is 1.81. The zero-order chi connectivity index (χ0) is 11.5. The Bertz CT molecular complexity index is 486. The van der Waals surface area contributed by atoms with E-state index in [-0.39, 0.29) is 5.92 Å². The van der Waals surface area contributed by atoms with Crippen LogP contribution in [0.3, 0.4) is 0 Å². The molecular formula is C13H14N2O. The molecule has 0 N–H and O–H groups in total. The molecule has 2 rings (SSSR count). The lowest BCUT2D eigenvalue weighted by atomic mass is 10.1. The maximum absolute atomic E-state index is 10.9. The number of para-hydroxylation sites is 1. The molecule has 1 heterocycles. The Morgan fingerprint density at radius 3 is 2.50 bits per heavy atom. The maximum Gasteiger partial charge on any atom is 0.153 e. The minimum atomic E-state index is 0.267. The fourth-order valence-electron chi connectivity index (χ4n) is 1.81. The summed E-state index contributed by atoms with van der Waals surface area (Å²) < 4.78 is 1.83. The summed E-state index contributed by atoms with van der Waals surface area (Å²) in [7, 11) is 0. The first-order chi connectivity index (χ1) is 7.74. The second-order valence-corrected chi connectivity index (χ2v) is 4.01. The zero-order valence-electron chi connectivity index (χ0n) is 9.42. The standard InChI is InChI=1S/C13H14N2O/c1-10(2)13-11(9-16)8-14-15(13)12-6-4-3-5-7-12/h3-10H,1-2H3. The highest BCUT2D eigenvalue weighted by atomic mass is 16.1. The molecule has 3 nitrogen and oxygen atoms in total. The summed E-state index contributed by atoms with van der Waals surface area (Å²) in [5, 5.41) is 4.26. The van der Waals surface area contributed by atoms with Gasteiger partial charge in [-0.1, -0.05) is 32.0 Å². The molecule has 1 aromatic heterocycles. The SMILES string of the molecule is CC(C)c1c(C=O)cnn1-c1ccccc1. The van der Waals surface area contributed by atoms with Crippen molar-refractivity contribution in [3.63, 3.8) is 0 Å². The summed E-state index contributed by atoms with van der Waals surface area (Å²) in [6.07, 6.45) is 2.48. The number of nitrogens with zero attached hydrogens (tertiary/aromatic N) is 2. The molecule has 0 atom stereocenters. The van der Waals surface area contributed by atoms with Gasteiger partial charge in [0.15, 0.2) is 6.29 Å². The van der Waals surface area contributed by atoms with Gasteiger partial charge in [-0.05, 0) is 18.1 Å². The van der Waals surface area contributed by atoms with Crippen LogP contribution in [0.15, 0.2) is 36.5 Å². The highest BCUT2D eigenvalue weighted by molar-refractivity contribution is 5.76. The normalized spacial score (nSPS) is 10.7. The molecule has 2 aromatic rings. The molecule has 16 heavy (non-hydrogen) atoms. The first-order valence-electron chi connectivity index (χ1n) is 5.32. The number of rotatable bonds is 3. The molecule has 82 valence electrons. The number of hydrogen-bond acceptors (Lipinski definition) is 2. The number of carbonyl (C=O) groups is 1. The number of benzene rings is 1. The van der Waals surface area contributed by atoms with Gasteiger partial charge < -0.3 is 0 Å². The van der Waals surface area contributed by atoms with Gasteiger partial charge in [0.05, 0.1) is 23.1 Å². The smallest absolute Gasteiger partial charge is 0.153 e. The summed E-state index contributed by atoms with van der Waals surface area (Å²) in [6.45, 7) is 4.12. The van der Waals surface area contributed by atoms with Crippen LogP contribution in [0.1, 0.15) is 35.8 Å². The highest BCUT2D eigenvalue weighted by Gasteiger charge is 2.14. The molecule has 3 heteroatoms. The van der Waals surface area contributed by atoms with E-state index < -0.39 is 0 Å². The molecule has 0 amide bonds. The van der Waals surface area contributed by atoms with Gasteiger partial charge in [-0.3, -0.25) is 4.79 Å². The molecule has 0 unspecified atom stereocenters. The average Bonchev–Trinajstić information content (AvgIpc) is 2.73. The molecule has 0 spiro atoms. The number of carbonyl (C=O) groups excluding carboxylic acids is 1. The average molecular weight is 214 g/mol. The molecular weight excluding hydrogens is 200 g/mol. The Kier molecular flexibility index (Phi) is 2.86. The first-order valence-corrected chi connectivity index (χ1v) is 5.32. The van der Waals surface area contributed by atoms with Crippen LogP contribution in [0.2, 0.25) is 0 Å². The molecule has 0 aliphatic carbocycles. The van der Waals surface area contributed by atoms with E-state index in [1.807, 2.05) is 35.0 Å². The zero-order valence-corrected chi connectivity index (χ0v) is 9.42. The van der Waals surface area contributed by atoms with E-state index in [0.717, 1.165) is 17.7 Å². The lowest BCUT2D eigenvalue weighted by molar-refractivity contribution is 0.112. The minimum absolute atomic E-state index is 0.267. The van der Waals surface area contributed by atoms with Crippen molar-refractivity contribution in [2.75, 3.05) is 0 Å². The van der Waals surface area contributed by atoms with Gasteiger partial charge in [0.1, 0.15) is 0 Å². The third-order valence-electron chi connectivity index (χ3n) is 2.51. The summed E-state index contributed by atoms with van der Waals surface area (Å²) in [4.78, 5) is 10.9. The topological polar surface area (TPSA) is 34.9 Å². The Balaban J connectivity index is 2.58. The van der Waals surface area contributed by atoms with Crippen molar-refractivity contribution in [3.8, 4) is 5.69 Å². The van der Waals surface area contributed by atoms with Crippen LogP contribution in [-0.2, 0) is 0 Å². The molecule has 0 saturated carbocycles. The summed E-state index contributed by atoms with van der Waals surface area (Å²) in [5.41, 5.74) is 2.61. The van der Waals surface area contributed by atoms with Crippen molar-refractivity contribution in [2.45, 2.75) is 19.8 Å². The van der Waals surface area contributed by atoms with Crippen molar-refractivity contribution in [2.24, 2.45) is 0 Å². The van der Waals surface area contributed by atoms with Crippen molar-refractivity contribution in [3.05, 3.63) is 47.8 Å². The van der Waals surface area contributed by atoms with Crippen LogP contribution in [0, 0.1) is 0 Å². The first kappa shape index (κ1) is 10.6. The van der Waals surface area contributed by atoms with Gasteiger partial charge in [-0.15, -0.1) is 0 Å². The van der Waals surface area contributed by atoms with E-state index in [9.17, 15) is 4.79 Å². The van der Waals surface area contributed by atoms with Crippen LogP contribution in [0.5, 0.6) is 0 Å². The summed E-state index contributed by atoms with van der Waals surface area (Å²) in [5.74, 6) is 0.267. The second kappa shape index (κ2) is 4.31. The van der Waals surface area contributed by atoms with Crippen LogP contribution in [-0.4, -0.2) is 16.1 Å². The Morgan fingerprint density at radius 1 is 1.25 bits per heavy atom. The van der Waals surface area contributed by atoms with Crippen molar-refractivity contribution in [1.82, 2.24) is 9.78 Å². The molecule has 0 fully saturated rings. The van der Waals surface area contributed by atoms with Gasteiger partial charge in [0, 0.05) is 0 Å². The van der Waals surface area contributed by atoms with E-state index in [4.69, 9.17) is 0 Å². The molecule has 0 bridgehead atoms.